The van der Waals surface area contributed by atoms with Crippen LogP contribution in [0.25, 0.3) is 0 Å². The first kappa shape index (κ1) is 8.49. The lowest BCUT2D eigenvalue weighted by molar-refractivity contribution is 0.620. The highest BCUT2D eigenvalue weighted by molar-refractivity contribution is 9.10. The van der Waals surface area contributed by atoms with Gasteiger partial charge in [0, 0.05) is 0 Å². The van der Waals surface area contributed by atoms with E-state index in [2.05, 4.69) is 21.4 Å². The van der Waals surface area contributed by atoms with E-state index in [0.717, 1.165) is 11.3 Å². The molecule has 4 heteroatoms. The van der Waals surface area contributed by atoms with Crippen LogP contribution >= 0.6 is 15.9 Å². The summed E-state index contributed by atoms with van der Waals surface area (Å²) in [6.45, 7) is 1.78. The molecule has 0 amide bonds. The Hall–Kier alpha value is -0.610. The van der Waals surface area contributed by atoms with E-state index in [1.165, 1.54) is 6.07 Å². The zero-order valence-electron chi connectivity index (χ0n) is 5.99. The van der Waals surface area contributed by atoms with Crippen LogP contribution in [-0.4, -0.2) is 0 Å². The number of nitrogens with two attached hydrogens (primary N) is 1. The Morgan fingerprint density at radius 2 is 2.18 bits per heavy atom. The van der Waals surface area contributed by atoms with Crippen molar-refractivity contribution in [1.29, 1.82) is 0 Å². The summed E-state index contributed by atoms with van der Waals surface area (Å²) in [6, 6.07) is 3.02. The zero-order valence-corrected chi connectivity index (χ0v) is 7.57. The van der Waals surface area contributed by atoms with Crippen molar-refractivity contribution < 1.29 is 4.39 Å². The molecule has 0 aliphatic rings. The lowest BCUT2D eigenvalue weighted by atomic mass is 10.2. The third-order valence-corrected chi connectivity index (χ3v) is 2.03. The maximum absolute atomic E-state index is 12.8. The summed E-state index contributed by atoms with van der Waals surface area (Å²) in [4.78, 5) is 0. The molecular formula is C7H8BrFN2. The summed E-state index contributed by atoms with van der Waals surface area (Å²) in [7, 11) is 0. The van der Waals surface area contributed by atoms with Crippen LogP contribution in [0.5, 0.6) is 0 Å². The van der Waals surface area contributed by atoms with Crippen LogP contribution in [0.15, 0.2) is 16.6 Å². The van der Waals surface area contributed by atoms with Gasteiger partial charge in [-0.3, -0.25) is 5.84 Å². The molecule has 0 aromatic heterocycles. The number of hydrogen-bond donors (Lipinski definition) is 2. The summed E-state index contributed by atoms with van der Waals surface area (Å²) in [5.74, 6) is 4.90. The van der Waals surface area contributed by atoms with Crippen molar-refractivity contribution in [3.8, 4) is 0 Å². The monoisotopic (exact) mass is 218 g/mol. The van der Waals surface area contributed by atoms with Crippen LogP contribution in [0.2, 0.25) is 0 Å². The van der Waals surface area contributed by atoms with Gasteiger partial charge in [0.1, 0.15) is 5.82 Å². The summed E-state index contributed by atoms with van der Waals surface area (Å²) in [6.07, 6.45) is 0. The highest BCUT2D eigenvalue weighted by Crippen LogP contribution is 2.23. The number of hydrazine groups is 1. The van der Waals surface area contributed by atoms with Crippen molar-refractivity contribution in [3.63, 3.8) is 0 Å². The van der Waals surface area contributed by atoms with Crippen LogP contribution < -0.4 is 11.3 Å². The first-order valence-corrected chi connectivity index (χ1v) is 3.86. The molecule has 1 rings (SSSR count). The van der Waals surface area contributed by atoms with E-state index in [0.29, 0.717) is 4.47 Å². The molecule has 0 atom stereocenters. The van der Waals surface area contributed by atoms with E-state index in [4.69, 9.17) is 5.84 Å². The molecule has 1 aromatic rings. The molecule has 0 spiro atoms. The first-order valence-electron chi connectivity index (χ1n) is 3.07. The number of halogens is 2. The Labute approximate surface area is 72.7 Å². The van der Waals surface area contributed by atoms with E-state index in [1.807, 2.05) is 0 Å². The molecule has 0 heterocycles. The topological polar surface area (TPSA) is 38.0 Å². The van der Waals surface area contributed by atoms with Crippen molar-refractivity contribution in [1.82, 2.24) is 0 Å². The second-order valence-corrected chi connectivity index (χ2v) is 3.08. The van der Waals surface area contributed by atoms with Gasteiger partial charge in [-0.1, -0.05) is 0 Å². The minimum absolute atomic E-state index is 0.276. The van der Waals surface area contributed by atoms with Gasteiger partial charge in [0.25, 0.3) is 0 Å². The number of nitrogen functional groups attached to an aromatic ring is 1. The average Bonchev–Trinajstić information content (AvgIpc) is 1.97. The maximum atomic E-state index is 12.8. The second kappa shape index (κ2) is 3.19. The minimum Gasteiger partial charge on any atom is -0.324 e. The van der Waals surface area contributed by atoms with Crippen molar-refractivity contribution >= 4 is 21.6 Å². The van der Waals surface area contributed by atoms with Gasteiger partial charge in [0.15, 0.2) is 0 Å². The van der Waals surface area contributed by atoms with Crippen LogP contribution in [0.3, 0.4) is 0 Å². The Bertz CT molecular complexity index is 275. The third-order valence-electron chi connectivity index (χ3n) is 1.42. The molecule has 60 valence electrons. The molecule has 3 N–H and O–H groups in total. The number of aryl methyl sites for hydroxylation is 1. The van der Waals surface area contributed by atoms with Crippen LogP contribution in [-0.2, 0) is 0 Å². The van der Waals surface area contributed by atoms with Gasteiger partial charge in [0.05, 0.1) is 10.2 Å². The maximum Gasteiger partial charge on any atom is 0.137 e. The molecule has 0 bridgehead atoms. The van der Waals surface area contributed by atoms with Crippen LogP contribution in [0, 0.1) is 12.7 Å². The zero-order chi connectivity index (χ0) is 8.43. The second-order valence-electron chi connectivity index (χ2n) is 2.23. The minimum atomic E-state index is -0.276. The molecular weight excluding hydrogens is 211 g/mol. The molecule has 0 aliphatic heterocycles. The molecule has 0 saturated heterocycles. The smallest absolute Gasteiger partial charge is 0.137 e. The van der Waals surface area contributed by atoms with E-state index >= 15 is 0 Å². The van der Waals surface area contributed by atoms with Gasteiger partial charge in [0.2, 0.25) is 0 Å². The van der Waals surface area contributed by atoms with E-state index < -0.39 is 0 Å². The fraction of sp³-hybridized carbons (Fsp3) is 0.143. The van der Waals surface area contributed by atoms with Crippen LogP contribution in [0.4, 0.5) is 10.1 Å². The lowest BCUT2D eigenvalue weighted by Crippen LogP contribution is -2.08. The van der Waals surface area contributed by atoms with Gasteiger partial charge in [-0.25, -0.2) is 4.39 Å². The quantitative estimate of drug-likeness (QED) is 0.561. The number of rotatable bonds is 1. The fourth-order valence-corrected chi connectivity index (χ4v) is 1.15. The predicted molar refractivity (Wildman–Crippen MR) is 46.6 cm³/mol. The largest absolute Gasteiger partial charge is 0.324 e. The molecule has 0 saturated carbocycles. The highest BCUT2D eigenvalue weighted by Gasteiger charge is 2.02. The number of hydrogen-bond acceptors (Lipinski definition) is 2. The van der Waals surface area contributed by atoms with Gasteiger partial charge in [-0.2, -0.15) is 0 Å². The number of benzene rings is 1. The van der Waals surface area contributed by atoms with E-state index in [9.17, 15) is 4.39 Å². The van der Waals surface area contributed by atoms with Crippen molar-refractivity contribution in [2.45, 2.75) is 6.92 Å². The van der Waals surface area contributed by atoms with E-state index in [-0.39, 0.29) is 5.82 Å². The Balaban J connectivity index is 3.21. The Morgan fingerprint density at radius 1 is 1.55 bits per heavy atom. The molecule has 0 fully saturated rings. The summed E-state index contributed by atoms with van der Waals surface area (Å²) in [5.41, 5.74) is 3.97. The van der Waals surface area contributed by atoms with Crippen molar-refractivity contribution in [2.75, 3.05) is 5.43 Å². The number of anilines is 1. The molecule has 0 unspecified atom stereocenters. The lowest BCUT2D eigenvalue weighted by Gasteiger charge is -2.05. The summed E-state index contributed by atoms with van der Waals surface area (Å²) >= 11 is 3.05. The van der Waals surface area contributed by atoms with Gasteiger partial charge in [-0.15, -0.1) is 0 Å². The van der Waals surface area contributed by atoms with Crippen molar-refractivity contribution in [3.05, 3.63) is 28.0 Å². The van der Waals surface area contributed by atoms with Gasteiger partial charge < -0.3 is 5.43 Å². The third kappa shape index (κ3) is 1.70. The SMILES string of the molecule is Cc1cc(F)c(Br)cc1NN. The molecule has 1 aromatic carbocycles. The molecule has 0 radical (unpaired) electrons. The first-order chi connectivity index (χ1) is 5.15. The van der Waals surface area contributed by atoms with Gasteiger partial charge >= 0.3 is 0 Å². The normalized spacial score (nSPS) is 9.82. The van der Waals surface area contributed by atoms with Crippen molar-refractivity contribution in [2.24, 2.45) is 5.84 Å². The Kier molecular flexibility index (Phi) is 2.46. The molecule has 11 heavy (non-hydrogen) atoms. The van der Waals surface area contributed by atoms with Crippen LogP contribution in [0.1, 0.15) is 5.56 Å². The fourth-order valence-electron chi connectivity index (χ4n) is 0.802. The standard InChI is InChI=1S/C7H8BrFN2/c1-4-2-6(9)5(8)3-7(4)11-10/h2-3,11H,10H2,1H3. The summed E-state index contributed by atoms with van der Waals surface area (Å²) in [5, 5.41) is 0. The highest BCUT2D eigenvalue weighted by atomic mass is 79.9. The Morgan fingerprint density at radius 3 is 2.73 bits per heavy atom. The molecule has 2 nitrogen and oxygen atoms in total. The van der Waals surface area contributed by atoms with Gasteiger partial charge in [-0.05, 0) is 40.5 Å². The predicted octanol–water partition coefficient (Wildman–Crippen LogP) is 2.18. The average molecular weight is 219 g/mol. The summed E-state index contributed by atoms with van der Waals surface area (Å²) < 4.78 is 13.2. The van der Waals surface area contributed by atoms with E-state index in [1.54, 1.807) is 13.0 Å². The number of nitrogens with one attached hydrogen (secondary N) is 1. The molecule has 0 aliphatic carbocycles.